The van der Waals surface area contributed by atoms with Crippen molar-refractivity contribution in [2.75, 3.05) is 25.6 Å². The zero-order valence-electron chi connectivity index (χ0n) is 15.1. The van der Waals surface area contributed by atoms with Crippen LogP contribution in [-0.4, -0.2) is 20.3 Å². The molecule has 1 N–H and O–H groups in total. The van der Waals surface area contributed by atoms with Gasteiger partial charge in [-0.2, -0.15) is 0 Å². The normalized spacial score (nSPS) is 19.0. The van der Waals surface area contributed by atoms with Gasteiger partial charge < -0.3 is 17.7 Å². The van der Waals surface area contributed by atoms with Crippen LogP contribution in [0.25, 0.3) is 0 Å². The summed E-state index contributed by atoms with van der Waals surface area (Å²) in [6.07, 6.45) is 14.2. The van der Waals surface area contributed by atoms with Crippen LogP contribution in [0.3, 0.4) is 0 Å². The molecular weight excluding hydrogens is 304 g/mol. The van der Waals surface area contributed by atoms with Crippen LogP contribution in [0, 0.1) is 0 Å². The number of rotatable bonds is 11. The van der Waals surface area contributed by atoms with Crippen molar-refractivity contribution in [3.63, 3.8) is 0 Å². The molecule has 1 unspecified atom stereocenters. The third kappa shape index (κ3) is 6.35. The van der Waals surface area contributed by atoms with Gasteiger partial charge in [-0.05, 0) is 18.9 Å². The molecule has 1 aliphatic rings. The van der Waals surface area contributed by atoms with Gasteiger partial charge in [0.15, 0.2) is 12.4 Å². The number of halogens is 1. The zero-order valence-corrected chi connectivity index (χ0v) is 15.9. The molecule has 0 aliphatic carbocycles. The highest BCUT2D eigenvalue weighted by Gasteiger charge is 2.32. The first kappa shape index (κ1) is 20.3. The Labute approximate surface area is 149 Å². The summed E-state index contributed by atoms with van der Waals surface area (Å²) in [4.78, 5) is 0. The van der Waals surface area contributed by atoms with Gasteiger partial charge in [-0.25, -0.2) is 0 Å². The maximum atomic E-state index is 3.55. The van der Waals surface area contributed by atoms with Crippen LogP contribution >= 0.6 is 0 Å². The minimum atomic E-state index is 0. The SMILES string of the molecule is CCCCCCCCCCCC[N+]1(C)CNc2ccccc21.[Cl-]. The molecule has 23 heavy (non-hydrogen) atoms. The van der Waals surface area contributed by atoms with Crippen molar-refractivity contribution < 1.29 is 12.4 Å². The van der Waals surface area contributed by atoms with Crippen LogP contribution < -0.4 is 22.2 Å². The summed E-state index contributed by atoms with van der Waals surface area (Å²) >= 11 is 0. The molecule has 1 aliphatic heterocycles. The number of unbranched alkanes of at least 4 members (excludes halogenated alkanes) is 9. The molecule has 0 saturated carbocycles. The van der Waals surface area contributed by atoms with Crippen molar-refractivity contribution in [2.24, 2.45) is 0 Å². The number of nitrogens with one attached hydrogen (secondary N) is 1. The first-order valence-corrected chi connectivity index (χ1v) is 9.44. The van der Waals surface area contributed by atoms with Crippen molar-refractivity contribution in [1.82, 2.24) is 4.48 Å². The molecule has 132 valence electrons. The lowest BCUT2D eigenvalue weighted by Crippen LogP contribution is -3.00. The Balaban J connectivity index is 0.00000264. The summed E-state index contributed by atoms with van der Waals surface area (Å²) in [5.74, 6) is 0. The van der Waals surface area contributed by atoms with E-state index in [1.807, 2.05) is 0 Å². The number of nitrogens with zero attached hydrogens (tertiary/aromatic N) is 1. The molecule has 0 spiro atoms. The maximum absolute atomic E-state index is 3.55. The molecule has 0 bridgehead atoms. The van der Waals surface area contributed by atoms with E-state index >= 15 is 0 Å². The fourth-order valence-electron chi connectivity index (χ4n) is 3.59. The molecule has 0 amide bonds. The minimum Gasteiger partial charge on any atom is -1.00 e. The molecule has 0 aromatic heterocycles. The van der Waals surface area contributed by atoms with E-state index in [2.05, 4.69) is 43.6 Å². The third-order valence-electron chi connectivity index (χ3n) is 5.11. The molecule has 3 heteroatoms. The zero-order chi connectivity index (χ0) is 15.7. The van der Waals surface area contributed by atoms with Gasteiger partial charge in [-0.15, -0.1) is 0 Å². The maximum Gasteiger partial charge on any atom is 0.157 e. The molecule has 0 saturated heterocycles. The highest BCUT2D eigenvalue weighted by molar-refractivity contribution is 5.71. The first-order valence-electron chi connectivity index (χ1n) is 9.44. The molecule has 0 radical (unpaired) electrons. The van der Waals surface area contributed by atoms with Crippen molar-refractivity contribution in [2.45, 2.75) is 71.1 Å². The molecule has 2 rings (SSSR count). The molecule has 2 nitrogen and oxygen atoms in total. The van der Waals surface area contributed by atoms with Crippen LogP contribution in [0.2, 0.25) is 0 Å². The molecule has 1 heterocycles. The quantitative estimate of drug-likeness (QED) is 0.483. The van der Waals surface area contributed by atoms with Gasteiger partial charge in [-0.3, -0.25) is 4.48 Å². The summed E-state index contributed by atoms with van der Waals surface area (Å²) in [5.41, 5.74) is 2.80. The second-order valence-electron chi connectivity index (χ2n) is 7.15. The van der Waals surface area contributed by atoms with E-state index in [1.54, 1.807) is 0 Å². The van der Waals surface area contributed by atoms with Gasteiger partial charge in [0.25, 0.3) is 0 Å². The number of benzene rings is 1. The van der Waals surface area contributed by atoms with Crippen LogP contribution in [0.4, 0.5) is 11.4 Å². The van der Waals surface area contributed by atoms with Gasteiger partial charge >= 0.3 is 0 Å². The highest BCUT2D eigenvalue weighted by Crippen LogP contribution is 2.35. The lowest BCUT2D eigenvalue weighted by atomic mass is 10.1. The molecular formula is C20H35ClN2. The van der Waals surface area contributed by atoms with Crippen molar-refractivity contribution in [1.29, 1.82) is 0 Å². The summed E-state index contributed by atoms with van der Waals surface area (Å²) in [6.45, 7) is 4.61. The van der Waals surface area contributed by atoms with Crippen molar-refractivity contribution in [3.8, 4) is 0 Å². The number of anilines is 1. The summed E-state index contributed by atoms with van der Waals surface area (Å²) in [7, 11) is 2.37. The predicted molar refractivity (Wildman–Crippen MR) is 99.4 cm³/mol. The van der Waals surface area contributed by atoms with Crippen LogP contribution in [-0.2, 0) is 0 Å². The van der Waals surface area contributed by atoms with E-state index in [0.29, 0.717) is 0 Å². The Bertz CT molecular complexity index is 435. The standard InChI is InChI=1S/C20H35N2.ClH/c1-3-4-5-6-7-8-9-10-11-14-17-22(2)18-21-19-15-12-13-16-20(19)22;/h12-13,15-16,21H,3-11,14,17-18H2,1-2H3;1H/q+1;/p-1. The topological polar surface area (TPSA) is 12.0 Å². The van der Waals surface area contributed by atoms with Crippen molar-refractivity contribution >= 4 is 11.4 Å². The molecule has 0 fully saturated rings. The molecule has 1 atom stereocenters. The van der Waals surface area contributed by atoms with E-state index < -0.39 is 0 Å². The fraction of sp³-hybridized carbons (Fsp3) is 0.700. The highest BCUT2D eigenvalue weighted by atomic mass is 35.5. The van der Waals surface area contributed by atoms with E-state index in [4.69, 9.17) is 0 Å². The number of para-hydroxylation sites is 2. The van der Waals surface area contributed by atoms with Crippen LogP contribution in [0.15, 0.2) is 24.3 Å². The van der Waals surface area contributed by atoms with E-state index in [-0.39, 0.29) is 12.4 Å². The lowest BCUT2D eigenvalue weighted by Gasteiger charge is -2.28. The third-order valence-corrected chi connectivity index (χ3v) is 5.11. The Morgan fingerprint density at radius 1 is 0.870 bits per heavy atom. The number of quaternary nitrogens is 1. The molecule has 1 aromatic carbocycles. The Hall–Kier alpha value is -0.730. The Morgan fingerprint density at radius 2 is 1.43 bits per heavy atom. The van der Waals surface area contributed by atoms with Crippen molar-refractivity contribution in [3.05, 3.63) is 24.3 Å². The second-order valence-corrected chi connectivity index (χ2v) is 7.15. The first-order chi connectivity index (χ1) is 10.8. The average Bonchev–Trinajstić information content (AvgIpc) is 2.87. The van der Waals surface area contributed by atoms with Gasteiger partial charge in [0.1, 0.15) is 5.69 Å². The van der Waals surface area contributed by atoms with Gasteiger partial charge in [0, 0.05) is 6.07 Å². The predicted octanol–water partition coefficient (Wildman–Crippen LogP) is 2.93. The van der Waals surface area contributed by atoms with Crippen LogP contribution in [0.5, 0.6) is 0 Å². The van der Waals surface area contributed by atoms with E-state index in [1.165, 1.54) is 82.1 Å². The molecule has 1 aromatic rings. The van der Waals surface area contributed by atoms with Gasteiger partial charge in [0.05, 0.1) is 13.6 Å². The smallest absolute Gasteiger partial charge is 0.157 e. The monoisotopic (exact) mass is 338 g/mol. The summed E-state index contributed by atoms with van der Waals surface area (Å²) < 4.78 is 1.06. The largest absolute Gasteiger partial charge is 1.00 e. The van der Waals surface area contributed by atoms with Gasteiger partial charge in [-0.1, -0.05) is 70.4 Å². The number of fused-ring (bicyclic) bond motifs is 1. The minimum absolute atomic E-state index is 0. The lowest BCUT2D eigenvalue weighted by molar-refractivity contribution is -0.00000477. The Morgan fingerprint density at radius 3 is 2.09 bits per heavy atom. The Kier molecular flexibility index (Phi) is 9.66. The number of hydrogen-bond acceptors (Lipinski definition) is 1. The van der Waals surface area contributed by atoms with Crippen LogP contribution in [0.1, 0.15) is 71.1 Å². The summed E-state index contributed by atoms with van der Waals surface area (Å²) in [6, 6.07) is 8.78. The average molecular weight is 339 g/mol. The number of hydrogen-bond donors (Lipinski definition) is 1. The van der Waals surface area contributed by atoms with E-state index in [9.17, 15) is 0 Å². The van der Waals surface area contributed by atoms with Gasteiger partial charge in [0.2, 0.25) is 0 Å². The summed E-state index contributed by atoms with van der Waals surface area (Å²) in [5, 5.41) is 3.55. The second kappa shape index (κ2) is 10.9. The van der Waals surface area contributed by atoms with E-state index in [0.717, 1.165) is 11.2 Å². The fourth-order valence-corrected chi connectivity index (χ4v) is 3.59.